The lowest BCUT2D eigenvalue weighted by Crippen LogP contribution is -2.15. The van der Waals surface area contributed by atoms with Gasteiger partial charge >= 0.3 is 5.97 Å². The molecule has 2 N–H and O–H groups in total. The van der Waals surface area contributed by atoms with Gasteiger partial charge in [0, 0.05) is 23.7 Å². The second-order valence-electron chi connectivity index (χ2n) is 8.47. The number of anilines is 1. The number of carbonyl (C=O) groups excluding carboxylic acids is 1. The molecule has 2 heterocycles. The van der Waals surface area contributed by atoms with Gasteiger partial charge in [0.2, 0.25) is 11.8 Å². The summed E-state index contributed by atoms with van der Waals surface area (Å²) < 4.78 is 11.5. The molecule has 0 aliphatic carbocycles. The molecule has 0 radical (unpaired) electrons. The van der Waals surface area contributed by atoms with Gasteiger partial charge in [-0.25, -0.2) is 9.78 Å². The second kappa shape index (κ2) is 10.3. The number of hydrogen-bond donors (Lipinski definition) is 2. The minimum Gasteiger partial charge on any atom is -0.497 e. The number of aromatic nitrogens is 2. The van der Waals surface area contributed by atoms with Crippen molar-refractivity contribution in [2.75, 3.05) is 18.2 Å². The normalized spacial score (nSPS) is 11.6. The van der Waals surface area contributed by atoms with Gasteiger partial charge < -0.3 is 19.9 Å². The van der Waals surface area contributed by atoms with Crippen molar-refractivity contribution in [3.8, 4) is 28.8 Å². The molecule has 0 saturated carbocycles. The molecule has 1 aromatic heterocycles. The number of carbonyl (C=O) groups is 2. The molecule has 0 unspecified atom stereocenters. The quantitative estimate of drug-likeness (QED) is 0.214. The number of nitrogens with one attached hydrogen (secondary N) is 1. The number of aryl methyl sites for hydroxylation is 1. The Bertz CT molecular complexity index is 1490. The summed E-state index contributed by atoms with van der Waals surface area (Å²) in [5, 5.41) is 12.5. The predicted molar refractivity (Wildman–Crippen MR) is 141 cm³/mol. The summed E-state index contributed by atoms with van der Waals surface area (Å²) in [7, 11) is 1.61. The van der Waals surface area contributed by atoms with E-state index in [0.717, 1.165) is 22.3 Å². The van der Waals surface area contributed by atoms with Crippen LogP contribution in [-0.2, 0) is 11.2 Å². The smallest absolute Gasteiger partial charge is 0.335 e. The largest absolute Gasteiger partial charge is 0.497 e. The fourth-order valence-electron chi connectivity index (χ4n) is 3.86. The number of aromatic carboxylic acids is 1. The lowest BCUT2D eigenvalue weighted by Gasteiger charge is -2.22. The van der Waals surface area contributed by atoms with Crippen molar-refractivity contribution in [1.82, 2.24) is 9.97 Å². The van der Waals surface area contributed by atoms with Gasteiger partial charge in [-0.3, -0.25) is 4.79 Å². The van der Waals surface area contributed by atoms with E-state index in [1.807, 2.05) is 49.4 Å². The van der Waals surface area contributed by atoms with Crippen LogP contribution >= 0.6 is 11.8 Å². The molecule has 37 heavy (non-hydrogen) atoms. The molecule has 0 atom stereocenters. The molecular formula is C28H23N3O5S. The van der Waals surface area contributed by atoms with Gasteiger partial charge in [-0.05, 0) is 42.8 Å². The molecule has 0 spiro atoms. The summed E-state index contributed by atoms with van der Waals surface area (Å²) in [6.07, 6.45) is 0.559. The van der Waals surface area contributed by atoms with Gasteiger partial charge in [0.1, 0.15) is 16.5 Å². The molecule has 0 saturated heterocycles. The maximum atomic E-state index is 12.7. The first-order chi connectivity index (χ1) is 17.9. The number of thioether (sulfide) groups is 1. The molecule has 1 aliphatic rings. The highest BCUT2D eigenvalue weighted by Crippen LogP contribution is 2.41. The summed E-state index contributed by atoms with van der Waals surface area (Å²) in [4.78, 5) is 33.3. The van der Waals surface area contributed by atoms with Crippen LogP contribution in [0.25, 0.3) is 11.4 Å². The fraction of sp³-hybridized carbons (Fsp3) is 0.143. The van der Waals surface area contributed by atoms with Crippen molar-refractivity contribution >= 4 is 29.3 Å². The molecule has 1 amide bonds. The van der Waals surface area contributed by atoms with Gasteiger partial charge in [-0.1, -0.05) is 47.7 Å². The molecule has 8 nitrogen and oxygen atoms in total. The highest BCUT2D eigenvalue weighted by Gasteiger charge is 2.25. The summed E-state index contributed by atoms with van der Waals surface area (Å²) in [5.74, 6) is 1.19. The van der Waals surface area contributed by atoms with Crippen LogP contribution in [0.3, 0.4) is 0 Å². The molecule has 186 valence electrons. The molecule has 5 rings (SSSR count). The summed E-state index contributed by atoms with van der Waals surface area (Å²) in [6.45, 7) is 2.01. The van der Waals surface area contributed by atoms with Crippen molar-refractivity contribution < 1.29 is 24.2 Å². The minimum atomic E-state index is -1.02. The van der Waals surface area contributed by atoms with Crippen LogP contribution in [0.5, 0.6) is 17.4 Å². The van der Waals surface area contributed by atoms with Gasteiger partial charge in [0.05, 0.1) is 24.0 Å². The third kappa shape index (κ3) is 5.41. The lowest BCUT2D eigenvalue weighted by molar-refractivity contribution is -0.113. The van der Waals surface area contributed by atoms with E-state index in [0.29, 0.717) is 40.3 Å². The number of amides is 1. The average molecular weight is 514 g/mol. The molecule has 0 bridgehead atoms. The van der Waals surface area contributed by atoms with E-state index in [-0.39, 0.29) is 17.2 Å². The number of rotatable bonds is 7. The monoisotopic (exact) mass is 513 g/mol. The molecule has 9 heteroatoms. The maximum Gasteiger partial charge on any atom is 0.335 e. The first-order valence-corrected chi connectivity index (χ1v) is 12.5. The van der Waals surface area contributed by atoms with Crippen molar-refractivity contribution in [2.45, 2.75) is 18.4 Å². The van der Waals surface area contributed by atoms with Crippen molar-refractivity contribution in [3.05, 3.63) is 89.0 Å². The van der Waals surface area contributed by atoms with Crippen LogP contribution in [0.4, 0.5) is 5.69 Å². The number of methoxy groups -OCH3 is 1. The van der Waals surface area contributed by atoms with E-state index in [1.54, 1.807) is 19.2 Å². The van der Waals surface area contributed by atoms with Gasteiger partial charge in [0.15, 0.2) is 5.82 Å². The Balaban J connectivity index is 1.41. The average Bonchev–Trinajstić information content (AvgIpc) is 2.90. The molecule has 1 aliphatic heterocycles. The Morgan fingerprint density at radius 2 is 1.81 bits per heavy atom. The van der Waals surface area contributed by atoms with Crippen LogP contribution in [-0.4, -0.2) is 39.8 Å². The van der Waals surface area contributed by atoms with Crippen LogP contribution in [0, 0.1) is 6.92 Å². The fourth-order valence-corrected chi connectivity index (χ4v) is 4.68. The van der Waals surface area contributed by atoms with E-state index >= 15 is 0 Å². The zero-order valence-corrected chi connectivity index (χ0v) is 21.0. The predicted octanol–water partition coefficient (Wildman–Crippen LogP) is 5.59. The van der Waals surface area contributed by atoms with E-state index in [9.17, 15) is 9.59 Å². The van der Waals surface area contributed by atoms with Crippen LogP contribution in [0.2, 0.25) is 0 Å². The molecule has 4 aromatic rings. The number of carboxylic acids is 1. The van der Waals surface area contributed by atoms with Crippen molar-refractivity contribution in [2.24, 2.45) is 0 Å². The lowest BCUT2D eigenvalue weighted by atomic mass is 10.0. The topological polar surface area (TPSA) is 111 Å². The first-order valence-electron chi connectivity index (χ1n) is 11.5. The molecular weight excluding hydrogens is 490 g/mol. The Morgan fingerprint density at radius 3 is 2.51 bits per heavy atom. The number of hydrogen-bond acceptors (Lipinski definition) is 7. The van der Waals surface area contributed by atoms with E-state index in [4.69, 9.17) is 24.5 Å². The zero-order chi connectivity index (χ0) is 25.9. The van der Waals surface area contributed by atoms with Crippen molar-refractivity contribution in [1.29, 1.82) is 0 Å². The number of benzene rings is 3. The molecule has 3 aromatic carbocycles. The molecule has 0 fully saturated rings. The Hall–Kier alpha value is -4.37. The number of carboxylic acid groups (broad SMARTS) is 1. The summed E-state index contributed by atoms with van der Waals surface area (Å²) in [5.41, 5.74) is 4.44. The van der Waals surface area contributed by atoms with E-state index in [1.165, 1.54) is 23.9 Å². The van der Waals surface area contributed by atoms with Crippen LogP contribution in [0.1, 0.15) is 27.0 Å². The summed E-state index contributed by atoms with van der Waals surface area (Å²) >= 11 is 1.30. The first kappa shape index (κ1) is 24.3. The van der Waals surface area contributed by atoms with E-state index < -0.39 is 5.97 Å². The summed E-state index contributed by atoms with van der Waals surface area (Å²) in [6, 6.07) is 19.6. The Labute approximate surface area is 217 Å². The number of nitrogens with zero attached hydrogens (tertiary/aromatic N) is 2. The zero-order valence-electron chi connectivity index (χ0n) is 20.1. The van der Waals surface area contributed by atoms with Crippen molar-refractivity contribution in [3.63, 3.8) is 0 Å². The van der Waals surface area contributed by atoms with Gasteiger partial charge in [-0.2, -0.15) is 4.98 Å². The highest BCUT2D eigenvalue weighted by molar-refractivity contribution is 8.00. The Kier molecular flexibility index (Phi) is 6.78. The number of ether oxygens (including phenoxy) is 2. The maximum absolute atomic E-state index is 12.7. The minimum absolute atomic E-state index is 0.104. The van der Waals surface area contributed by atoms with Gasteiger partial charge in [-0.15, -0.1) is 0 Å². The third-order valence-electron chi connectivity index (χ3n) is 5.84. The highest BCUT2D eigenvalue weighted by atomic mass is 32.2. The van der Waals surface area contributed by atoms with Gasteiger partial charge in [0.25, 0.3) is 0 Å². The van der Waals surface area contributed by atoms with Crippen LogP contribution in [0.15, 0.2) is 71.8 Å². The number of fused-ring (bicyclic) bond motifs is 2. The second-order valence-corrected chi connectivity index (χ2v) is 9.44. The third-order valence-corrected chi connectivity index (χ3v) is 6.86. The van der Waals surface area contributed by atoms with Crippen LogP contribution < -0.4 is 14.8 Å². The standard InChI is InChI=1S/C28H23N3O5S/c1-16-3-5-17(6-4-16)25-30-26-22(13-19-9-12-21(35-2)14-23(19)36-26)27(31-25)37-15-24(32)29-20-10-7-18(8-11-20)28(33)34/h3-12,14H,13,15H2,1-2H3,(H,29,32)(H,33,34). The SMILES string of the molecule is COc1ccc2c(c1)Oc1nc(-c3ccc(C)cc3)nc(SCC(=O)Nc3ccc(C(=O)O)cc3)c1C2. The van der Waals surface area contributed by atoms with E-state index in [2.05, 4.69) is 5.32 Å². The Morgan fingerprint density at radius 1 is 1.05 bits per heavy atom.